The summed E-state index contributed by atoms with van der Waals surface area (Å²) in [5, 5.41) is 7.99. The molecular weight excluding hydrogens is 433 g/mol. The smallest absolute Gasteiger partial charge is 0.273 e. The second kappa shape index (κ2) is 9.29. The van der Waals surface area contributed by atoms with E-state index in [0.29, 0.717) is 31.1 Å². The lowest BCUT2D eigenvalue weighted by Crippen LogP contribution is -2.41. The molecule has 0 aliphatic heterocycles. The van der Waals surface area contributed by atoms with E-state index < -0.39 is 11.7 Å². The van der Waals surface area contributed by atoms with Crippen LogP contribution in [-0.4, -0.2) is 48.4 Å². The van der Waals surface area contributed by atoms with Crippen LogP contribution in [0.5, 0.6) is 0 Å². The monoisotopic (exact) mass is 458 g/mol. The number of alkyl halides is 2. The first-order chi connectivity index (χ1) is 15.7. The SMILES string of the molecule is C[C@@H](CCc1ncc(C(C)(F)F)cn1)N(CC1CC1)C(=O)c1cccc(F)c1-n1nccn1. The summed E-state index contributed by atoms with van der Waals surface area (Å²) in [5.41, 5.74) is -0.0416. The van der Waals surface area contributed by atoms with Crippen molar-refractivity contribution < 1.29 is 18.0 Å². The van der Waals surface area contributed by atoms with E-state index >= 15 is 0 Å². The summed E-state index contributed by atoms with van der Waals surface area (Å²) in [4.78, 5) is 24.5. The Morgan fingerprint density at radius 2 is 1.88 bits per heavy atom. The van der Waals surface area contributed by atoms with Crippen molar-refractivity contribution in [2.24, 2.45) is 5.92 Å². The number of nitrogens with zero attached hydrogens (tertiary/aromatic N) is 6. The number of carbonyl (C=O) groups is 1. The van der Waals surface area contributed by atoms with Crippen LogP contribution in [0.15, 0.2) is 43.0 Å². The molecule has 1 atom stereocenters. The Balaban J connectivity index is 1.53. The average molecular weight is 458 g/mol. The Hall–Kier alpha value is -3.30. The predicted molar refractivity (Wildman–Crippen MR) is 114 cm³/mol. The van der Waals surface area contributed by atoms with Crippen molar-refractivity contribution >= 4 is 5.91 Å². The van der Waals surface area contributed by atoms with Crippen LogP contribution >= 0.6 is 0 Å². The minimum atomic E-state index is -2.99. The maximum Gasteiger partial charge on any atom is 0.273 e. The average Bonchev–Trinajstić information content (AvgIpc) is 3.45. The van der Waals surface area contributed by atoms with E-state index in [1.165, 1.54) is 24.5 Å². The van der Waals surface area contributed by atoms with Gasteiger partial charge in [0.15, 0.2) is 5.82 Å². The maximum absolute atomic E-state index is 14.7. The zero-order chi connectivity index (χ0) is 23.6. The van der Waals surface area contributed by atoms with Gasteiger partial charge >= 0.3 is 0 Å². The van der Waals surface area contributed by atoms with Crippen LogP contribution in [0.4, 0.5) is 13.2 Å². The number of hydrogen-bond donors (Lipinski definition) is 0. The Morgan fingerprint density at radius 1 is 1.21 bits per heavy atom. The van der Waals surface area contributed by atoms with E-state index in [0.717, 1.165) is 37.0 Å². The molecule has 1 saturated carbocycles. The number of halogens is 3. The summed E-state index contributed by atoms with van der Waals surface area (Å²) in [6, 6.07) is 4.14. The molecule has 0 radical (unpaired) electrons. The van der Waals surface area contributed by atoms with Gasteiger partial charge in [-0.3, -0.25) is 4.79 Å². The highest BCUT2D eigenvalue weighted by molar-refractivity contribution is 5.98. The third-order valence-electron chi connectivity index (χ3n) is 5.78. The standard InChI is InChI=1S/C23H25F3N6O/c1-15(6-9-20-27-12-17(13-28-20)23(2,25)26)31(14-16-7-8-16)22(33)18-4-3-5-19(24)21(18)32-29-10-11-30-32/h3-5,10-13,15-16H,6-9,14H2,1-2H3/t15-/m0/s1. The van der Waals surface area contributed by atoms with Crippen LogP contribution in [0.1, 0.15) is 54.9 Å². The van der Waals surface area contributed by atoms with Crippen molar-refractivity contribution in [1.29, 1.82) is 0 Å². The van der Waals surface area contributed by atoms with Crippen LogP contribution in [0.25, 0.3) is 5.69 Å². The third kappa shape index (κ3) is 5.37. The van der Waals surface area contributed by atoms with Crippen molar-refractivity contribution in [2.75, 3.05) is 6.54 Å². The first-order valence-corrected chi connectivity index (χ1v) is 10.9. The molecule has 1 amide bonds. The fraction of sp³-hybridized carbons (Fsp3) is 0.435. The molecule has 0 bridgehead atoms. The van der Waals surface area contributed by atoms with Crippen molar-refractivity contribution in [3.8, 4) is 5.69 Å². The van der Waals surface area contributed by atoms with E-state index in [1.807, 2.05) is 6.92 Å². The molecule has 10 heteroatoms. The first kappa shape index (κ1) is 22.9. The van der Waals surface area contributed by atoms with Crippen LogP contribution in [0.3, 0.4) is 0 Å². The van der Waals surface area contributed by atoms with Gasteiger partial charge in [0.2, 0.25) is 0 Å². The van der Waals surface area contributed by atoms with Gasteiger partial charge in [-0.05, 0) is 44.2 Å². The number of carbonyl (C=O) groups excluding carboxylic acids is 1. The molecule has 0 unspecified atom stereocenters. The molecule has 33 heavy (non-hydrogen) atoms. The van der Waals surface area contributed by atoms with Crippen LogP contribution in [-0.2, 0) is 12.3 Å². The van der Waals surface area contributed by atoms with Gasteiger partial charge in [-0.1, -0.05) is 6.07 Å². The van der Waals surface area contributed by atoms with E-state index in [4.69, 9.17) is 0 Å². The van der Waals surface area contributed by atoms with Gasteiger partial charge in [0.05, 0.1) is 23.5 Å². The summed E-state index contributed by atoms with van der Waals surface area (Å²) < 4.78 is 41.4. The number of benzene rings is 1. The molecule has 2 aromatic heterocycles. The van der Waals surface area contributed by atoms with Gasteiger partial charge in [0, 0.05) is 38.3 Å². The topological polar surface area (TPSA) is 76.8 Å². The molecule has 2 heterocycles. The summed E-state index contributed by atoms with van der Waals surface area (Å²) >= 11 is 0. The van der Waals surface area contributed by atoms with Gasteiger partial charge in [-0.15, -0.1) is 4.80 Å². The maximum atomic E-state index is 14.7. The first-order valence-electron chi connectivity index (χ1n) is 10.9. The van der Waals surface area contributed by atoms with Crippen LogP contribution in [0.2, 0.25) is 0 Å². The molecule has 1 aliphatic rings. The molecule has 4 rings (SSSR count). The summed E-state index contributed by atoms with van der Waals surface area (Å²) in [6.07, 6.45) is 8.15. The van der Waals surface area contributed by atoms with Gasteiger partial charge in [-0.25, -0.2) is 23.1 Å². The highest BCUT2D eigenvalue weighted by Gasteiger charge is 2.32. The molecule has 0 N–H and O–H groups in total. The molecule has 1 fully saturated rings. The minimum Gasteiger partial charge on any atom is -0.336 e. The summed E-state index contributed by atoms with van der Waals surface area (Å²) in [5.74, 6) is -3.04. The molecule has 3 aromatic rings. The second-order valence-electron chi connectivity index (χ2n) is 8.52. The molecule has 0 saturated heterocycles. The zero-order valence-electron chi connectivity index (χ0n) is 18.5. The Kier molecular flexibility index (Phi) is 6.44. The lowest BCUT2D eigenvalue weighted by atomic mass is 10.1. The van der Waals surface area contributed by atoms with Gasteiger partial charge in [0.25, 0.3) is 11.8 Å². The van der Waals surface area contributed by atoms with E-state index in [-0.39, 0.29) is 28.8 Å². The molecule has 7 nitrogen and oxygen atoms in total. The quantitative estimate of drug-likeness (QED) is 0.481. The summed E-state index contributed by atoms with van der Waals surface area (Å²) in [6.45, 7) is 3.28. The van der Waals surface area contributed by atoms with Crippen molar-refractivity contribution in [1.82, 2.24) is 29.9 Å². The van der Waals surface area contributed by atoms with Crippen molar-refractivity contribution in [3.63, 3.8) is 0 Å². The second-order valence-corrected chi connectivity index (χ2v) is 8.52. The number of amides is 1. The zero-order valence-corrected chi connectivity index (χ0v) is 18.5. The number of rotatable bonds is 9. The number of para-hydroxylation sites is 1. The predicted octanol–water partition coefficient (Wildman–Crippen LogP) is 4.18. The number of aryl methyl sites for hydroxylation is 1. The Morgan fingerprint density at radius 3 is 2.48 bits per heavy atom. The lowest BCUT2D eigenvalue weighted by Gasteiger charge is -2.30. The largest absolute Gasteiger partial charge is 0.336 e. The molecule has 1 aromatic carbocycles. The highest BCUT2D eigenvalue weighted by Crippen LogP contribution is 2.32. The minimum absolute atomic E-state index is 0.0138. The Bertz CT molecular complexity index is 1090. The van der Waals surface area contributed by atoms with Crippen molar-refractivity contribution in [3.05, 3.63) is 65.8 Å². The van der Waals surface area contributed by atoms with Crippen LogP contribution in [0, 0.1) is 11.7 Å². The van der Waals surface area contributed by atoms with Crippen molar-refractivity contribution in [2.45, 2.75) is 51.5 Å². The van der Waals surface area contributed by atoms with Crippen LogP contribution < -0.4 is 0 Å². The fourth-order valence-electron chi connectivity index (χ4n) is 3.62. The fourth-order valence-corrected chi connectivity index (χ4v) is 3.62. The van der Waals surface area contributed by atoms with E-state index in [9.17, 15) is 18.0 Å². The highest BCUT2D eigenvalue weighted by atomic mass is 19.3. The normalized spacial score (nSPS) is 14.8. The molecule has 174 valence electrons. The van der Waals surface area contributed by atoms with Gasteiger partial charge in [0.1, 0.15) is 11.5 Å². The van der Waals surface area contributed by atoms with Gasteiger partial charge in [-0.2, -0.15) is 10.2 Å². The molecule has 1 aliphatic carbocycles. The van der Waals surface area contributed by atoms with Gasteiger partial charge < -0.3 is 4.90 Å². The third-order valence-corrected chi connectivity index (χ3v) is 5.78. The number of aromatic nitrogens is 5. The molecular formula is C23H25F3N6O. The Labute approximate surface area is 189 Å². The molecule has 0 spiro atoms. The lowest BCUT2D eigenvalue weighted by molar-refractivity contribution is 0.0166. The van der Waals surface area contributed by atoms with E-state index in [2.05, 4.69) is 20.2 Å². The summed E-state index contributed by atoms with van der Waals surface area (Å²) in [7, 11) is 0. The number of hydrogen-bond acceptors (Lipinski definition) is 5. The van der Waals surface area contributed by atoms with E-state index in [1.54, 1.807) is 11.0 Å².